The molecule has 4 amide bonds. The molecule has 0 bridgehead atoms. The van der Waals surface area contributed by atoms with Gasteiger partial charge in [0.05, 0.1) is 6.54 Å². The Morgan fingerprint density at radius 3 is 1.79 bits per heavy atom. The van der Waals surface area contributed by atoms with Crippen molar-refractivity contribution in [2.45, 2.75) is 38.6 Å². The van der Waals surface area contributed by atoms with E-state index in [9.17, 15) is 19.2 Å². The van der Waals surface area contributed by atoms with Crippen molar-refractivity contribution in [3.8, 4) is 0 Å². The Hall–Kier alpha value is -2.28. The van der Waals surface area contributed by atoms with Crippen molar-refractivity contribution in [2.24, 2.45) is 0 Å². The van der Waals surface area contributed by atoms with Crippen LogP contribution in [0.4, 0.5) is 14.4 Å². The van der Waals surface area contributed by atoms with Crippen molar-refractivity contribution in [1.29, 1.82) is 0 Å². The smallest absolute Gasteiger partial charge is 0.407 e. The maximum Gasteiger partial charge on any atom is 0.407 e. The monoisotopic (exact) mass is 508 g/mol. The molecule has 0 spiro atoms. The van der Waals surface area contributed by atoms with Gasteiger partial charge in [0.1, 0.15) is 25.4 Å². The van der Waals surface area contributed by atoms with Gasteiger partial charge in [0.25, 0.3) is 0 Å². The maximum atomic E-state index is 12.4. The van der Waals surface area contributed by atoms with Crippen LogP contribution in [0.3, 0.4) is 0 Å². The molecule has 13 heteroatoms. The molecule has 0 saturated heterocycles. The predicted molar refractivity (Wildman–Crippen MR) is 131 cm³/mol. The summed E-state index contributed by atoms with van der Waals surface area (Å²) in [6, 6.07) is -0.610. The van der Waals surface area contributed by atoms with Crippen molar-refractivity contribution < 1.29 is 33.4 Å². The number of thiol groups is 2. The van der Waals surface area contributed by atoms with Gasteiger partial charge in [-0.1, -0.05) is 13.5 Å². The van der Waals surface area contributed by atoms with E-state index in [1.54, 1.807) is 6.92 Å². The second-order valence-corrected chi connectivity index (χ2v) is 7.99. The maximum absolute atomic E-state index is 12.4. The average Bonchev–Trinajstić information content (AvgIpc) is 2.78. The summed E-state index contributed by atoms with van der Waals surface area (Å²) in [4.78, 5) is 47.7. The van der Waals surface area contributed by atoms with Gasteiger partial charge in [0.2, 0.25) is 0 Å². The number of amides is 4. The predicted octanol–water partition coefficient (Wildman–Crippen LogP) is 1.65. The van der Waals surface area contributed by atoms with Gasteiger partial charge >= 0.3 is 24.2 Å². The van der Waals surface area contributed by atoms with Crippen LogP contribution < -0.4 is 21.3 Å². The minimum absolute atomic E-state index is 0.0425. The number of rotatable bonds is 16. The van der Waals surface area contributed by atoms with Gasteiger partial charge in [-0.15, -0.1) is 0 Å². The van der Waals surface area contributed by atoms with Crippen LogP contribution >= 0.6 is 25.3 Å². The van der Waals surface area contributed by atoms with Crippen LogP contribution in [0.5, 0.6) is 0 Å². The molecule has 0 radical (unpaired) electrons. The fraction of sp³-hybridized carbons (Fsp3) is 0.700. The fourth-order valence-corrected chi connectivity index (χ4v) is 2.49. The Morgan fingerprint density at radius 1 is 0.848 bits per heavy atom. The number of hydrogen-bond donors (Lipinski definition) is 6. The van der Waals surface area contributed by atoms with Crippen molar-refractivity contribution in [3.63, 3.8) is 0 Å². The second kappa shape index (κ2) is 18.2. The number of carbonyl (C=O) groups is 4. The Bertz CT molecular complexity index is 624. The third-order valence-electron chi connectivity index (χ3n) is 4.19. The standard InChI is InChI=1S/C20H36N4O7S2/c1-4-20(13-30-18(27)22-7-5-11-32,14-31-19(28)23-8-6-12-33)24-17(26)21-9-10-29-16(25)15(2)3/h32-33H,2,4-14H2,1,3H3,(H,22,27)(H,23,28)(H2,21,24,26). The molecule has 0 aliphatic heterocycles. The molecular weight excluding hydrogens is 472 g/mol. The van der Waals surface area contributed by atoms with Crippen LogP contribution in [0.1, 0.15) is 33.1 Å². The van der Waals surface area contributed by atoms with Gasteiger partial charge in [-0.3, -0.25) is 0 Å². The molecule has 0 aromatic rings. The lowest BCUT2D eigenvalue weighted by atomic mass is 9.98. The van der Waals surface area contributed by atoms with E-state index in [0.29, 0.717) is 43.9 Å². The third kappa shape index (κ3) is 15.2. The van der Waals surface area contributed by atoms with Crippen LogP contribution in [0.15, 0.2) is 12.2 Å². The van der Waals surface area contributed by atoms with Crippen molar-refractivity contribution in [2.75, 3.05) is 51.0 Å². The molecule has 0 aromatic carbocycles. The Morgan fingerprint density at radius 2 is 1.36 bits per heavy atom. The lowest BCUT2D eigenvalue weighted by Crippen LogP contribution is -2.58. The van der Waals surface area contributed by atoms with Gasteiger partial charge in [0.15, 0.2) is 0 Å². The molecule has 0 atom stereocenters. The van der Waals surface area contributed by atoms with E-state index in [0.717, 1.165) is 0 Å². The van der Waals surface area contributed by atoms with Crippen LogP contribution in [0, 0.1) is 0 Å². The molecule has 4 N–H and O–H groups in total. The molecule has 190 valence electrons. The fourth-order valence-electron chi connectivity index (χ4n) is 2.17. The Balaban J connectivity index is 4.91. The van der Waals surface area contributed by atoms with Gasteiger partial charge in [-0.2, -0.15) is 25.3 Å². The SMILES string of the molecule is C=C(C)C(=O)OCCNC(=O)NC(CC)(COC(=O)NCCCS)COC(=O)NCCCS. The molecule has 0 saturated carbocycles. The van der Waals surface area contributed by atoms with E-state index < -0.39 is 29.7 Å². The highest BCUT2D eigenvalue weighted by Crippen LogP contribution is 2.13. The highest BCUT2D eigenvalue weighted by Gasteiger charge is 2.34. The highest BCUT2D eigenvalue weighted by molar-refractivity contribution is 7.80. The van der Waals surface area contributed by atoms with Crippen LogP contribution in [-0.2, 0) is 19.0 Å². The molecule has 0 heterocycles. The first-order valence-electron chi connectivity index (χ1n) is 10.6. The molecule has 0 rings (SSSR count). The van der Waals surface area contributed by atoms with E-state index in [1.807, 2.05) is 0 Å². The zero-order valence-corrected chi connectivity index (χ0v) is 21.0. The summed E-state index contributed by atoms with van der Waals surface area (Å²) in [6.07, 6.45) is 0.300. The number of urea groups is 1. The van der Waals surface area contributed by atoms with Crippen molar-refractivity contribution in [1.82, 2.24) is 21.3 Å². The van der Waals surface area contributed by atoms with Crippen molar-refractivity contribution >= 4 is 49.4 Å². The molecule has 0 aliphatic rings. The lowest BCUT2D eigenvalue weighted by molar-refractivity contribution is -0.138. The van der Waals surface area contributed by atoms with Gasteiger partial charge in [-0.25, -0.2) is 19.2 Å². The molecular formula is C20H36N4O7S2. The molecule has 11 nitrogen and oxygen atoms in total. The van der Waals surface area contributed by atoms with E-state index in [4.69, 9.17) is 14.2 Å². The average molecular weight is 509 g/mol. The van der Waals surface area contributed by atoms with Gasteiger partial charge < -0.3 is 35.5 Å². The van der Waals surface area contributed by atoms with Crippen LogP contribution in [0.25, 0.3) is 0 Å². The first-order valence-corrected chi connectivity index (χ1v) is 11.9. The molecule has 0 fully saturated rings. The summed E-state index contributed by atoms with van der Waals surface area (Å²) < 4.78 is 15.4. The Kier molecular flexibility index (Phi) is 16.9. The summed E-state index contributed by atoms with van der Waals surface area (Å²) in [5, 5.41) is 10.4. The lowest BCUT2D eigenvalue weighted by Gasteiger charge is -2.32. The molecule has 0 aromatic heterocycles. The van der Waals surface area contributed by atoms with Crippen LogP contribution in [0.2, 0.25) is 0 Å². The summed E-state index contributed by atoms with van der Waals surface area (Å²) >= 11 is 8.14. The quantitative estimate of drug-likeness (QED) is 0.0611. The third-order valence-corrected chi connectivity index (χ3v) is 4.82. The zero-order valence-electron chi connectivity index (χ0n) is 19.2. The summed E-state index contributed by atoms with van der Waals surface area (Å²) in [5.41, 5.74) is -0.931. The number of hydrogen-bond acceptors (Lipinski definition) is 9. The summed E-state index contributed by atoms with van der Waals surface area (Å²) in [7, 11) is 0. The van der Waals surface area contributed by atoms with E-state index in [-0.39, 0.29) is 31.9 Å². The number of alkyl carbamates (subject to hydrolysis) is 2. The number of carbonyl (C=O) groups excluding carboxylic acids is 4. The minimum atomic E-state index is -1.18. The van der Waals surface area contributed by atoms with E-state index in [1.165, 1.54) is 6.92 Å². The number of esters is 1. The summed E-state index contributed by atoms with van der Waals surface area (Å²) in [5.74, 6) is 0.659. The van der Waals surface area contributed by atoms with E-state index in [2.05, 4.69) is 53.1 Å². The number of nitrogens with one attached hydrogen (secondary N) is 4. The zero-order chi connectivity index (χ0) is 25.1. The van der Waals surface area contributed by atoms with Crippen LogP contribution in [-0.4, -0.2) is 80.7 Å². The van der Waals surface area contributed by atoms with Gasteiger partial charge in [0, 0.05) is 18.7 Å². The summed E-state index contributed by atoms with van der Waals surface area (Å²) in [6.45, 7) is 7.03. The molecule has 33 heavy (non-hydrogen) atoms. The Labute approximate surface area is 205 Å². The highest BCUT2D eigenvalue weighted by atomic mass is 32.1. The second-order valence-electron chi connectivity index (χ2n) is 7.09. The minimum Gasteiger partial charge on any atom is -0.460 e. The topological polar surface area (TPSA) is 144 Å². The van der Waals surface area contributed by atoms with Crippen molar-refractivity contribution in [3.05, 3.63) is 12.2 Å². The largest absolute Gasteiger partial charge is 0.460 e. The first-order chi connectivity index (χ1) is 15.7. The number of ether oxygens (including phenoxy) is 3. The molecule has 0 unspecified atom stereocenters. The normalized spacial score (nSPS) is 10.5. The molecule has 0 aliphatic carbocycles. The van der Waals surface area contributed by atoms with Gasteiger partial charge in [-0.05, 0) is 37.7 Å². The van der Waals surface area contributed by atoms with E-state index >= 15 is 0 Å². The first kappa shape index (κ1) is 30.7.